The van der Waals surface area contributed by atoms with Crippen LogP contribution in [-0.2, 0) is 0 Å². The Labute approximate surface area is 186 Å². The summed E-state index contributed by atoms with van der Waals surface area (Å²) in [5, 5.41) is 5.88. The Bertz CT molecular complexity index is 1160. The lowest BCUT2D eigenvalue weighted by Crippen LogP contribution is -2.36. The van der Waals surface area contributed by atoms with E-state index in [1.807, 2.05) is 0 Å². The Morgan fingerprint density at radius 1 is 1.18 bits per heavy atom. The van der Waals surface area contributed by atoms with Crippen molar-refractivity contribution in [3.63, 3.8) is 0 Å². The van der Waals surface area contributed by atoms with Crippen molar-refractivity contribution in [3.05, 3.63) is 48.8 Å². The first-order valence-corrected chi connectivity index (χ1v) is 9.88. The molecule has 1 aliphatic rings. The Kier molecular flexibility index (Phi) is 6.16. The van der Waals surface area contributed by atoms with E-state index in [0.717, 1.165) is 0 Å². The molecule has 12 heteroatoms. The first-order valence-electron chi connectivity index (χ1n) is 9.88. The van der Waals surface area contributed by atoms with Crippen LogP contribution in [0.5, 0.6) is 11.6 Å². The van der Waals surface area contributed by atoms with E-state index in [1.54, 1.807) is 18.2 Å². The molecule has 2 amide bonds. The molecule has 33 heavy (non-hydrogen) atoms. The molecule has 2 N–H and O–H groups in total. The minimum atomic E-state index is -4.80. The normalized spacial score (nSPS) is 13.4. The highest BCUT2D eigenvalue weighted by molar-refractivity contribution is 6.02. The lowest BCUT2D eigenvalue weighted by atomic mass is 10.1. The number of benzene rings is 1. The number of rotatable bonds is 4. The second-order valence-electron chi connectivity index (χ2n) is 6.95. The summed E-state index contributed by atoms with van der Waals surface area (Å²) in [6, 6.07) is 8.40. The number of anilines is 3. The van der Waals surface area contributed by atoms with Crippen molar-refractivity contribution >= 4 is 23.4 Å². The molecule has 0 bridgehead atoms. The predicted molar refractivity (Wildman–Crippen MR) is 114 cm³/mol. The van der Waals surface area contributed by atoms with Crippen molar-refractivity contribution < 1.29 is 27.4 Å². The maximum absolute atomic E-state index is 13.0. The molecular weight excluding hydrogens is 441 g/mol. The van der Waals surface area contributed by atoms with E-state index in [4.69, 9.17) is 4.74 Å². The number of fused-ring (bicyclic) bond motifs is 1. The van der Waals surface area contributed by atoms with Gasteiger partial charge in [-0.1, -0.05) is 12.1 Å². The molecule has 0 fully saturated rings. The van der Waals surface area contributed by atoms with Crippen LogP contribution in [0.3, 0.4) is 0 Å². The van der Waals surface area contributed by atoms with E-state index in [-0.39, 0.29) is 17.4 Å². The van der Waals surface area contributed by atoms with Gasteiger partial charge in [0.05, 0.1) is 30.9 Å². The van der Waals surface area contributed by atoms with E-state index in [0.29, 0.717) is 42.3 Å². The van der Waals surface area contributed by atoms with Gasteiger partial charge in [0.15, 0.2) is 11.6 Å². The summed E-state index contributed by atoms with van der Waals surface area (Å²) >= 11 is 0. The smallest absolute Gasteiger partial charge is 0.480 e. The molecule has 1 aromatic carbocycles. The number of carbonyl (C=O) groups excluding carboxylic acids is 1. The summed E-state index contributed by atoms with van der Waals surface area (Å²) in [6.07, 6.45) is -1.36. The highest BCUT2D eigenvalue weighted by Gasteiger charge is 2.31. The van der Waals surface area contributed by atoms with Gasteiger partial charge in [-0.25, -0.2) is 9.78 Å². The van der Waals surface area contributed by atoms with Crippen LogP contribution in [-0.4, -0.2) is 47.5 Å². The number of pyridine rings is 1. The van der Waals surface area contributed by atoms with Crippen molar-refractivity contribution in [1.82, 2.24) is 15.0 Å². The molecule has 172 valence electrons. The summed E-state index contributed by atoms with van der Waals surface area (Å²) in [4.78, 5) is 27.1. The third-order valence-corrected chi connectivity index (χ3v) is 4.67. The third-order valence-electron chi connectivity index (χ3n) is 4.67. The Morgan fingerprint density at radius 3 is 2.82 bits per heavy atom. The topological polar surface area (TPSA) is 102 Å². The summed E-state index contributed by atoms with van der Waals surface area (Å²) in [6.45, 7) is 0.975. The number of methoxy groups -OCH3 is 1. The molecule has 1 aliphatic heterocycles. The molecule has 9 nitrogen and oxygen atoms in total. The minimum absolute atomic E-state index is 0.200. The SMILES string of the molecule is COc1cncc(NC(=O)N2CCCNc3ccc(-c4cccc(OC(F)(F)F)c4)nc32)n1. The molecule has 0 saturated heterocycles. The molecule has 3 aromatic rings. The Hall–Kier alpha value is -4.09. The molecule has 0 atom stereocenters. The first kappa shape index (κ1) is 22.1. The zero-order valence-electron chi connectivity index (χ0n) is 17.4. The number of hydrogen-bond acceptors (Lipinski definition) is 7. The fraction of sp³-hybridized carbons (Fsp3) is 0.238. The molecule has 2 aromatic heterocycles. The number of nitrogens with one attached hydrogen (secondary N) is 2. The molecule has 0 radical (unpaired) electrons. The van der Waals surface area contributed by atoms with Gasteiger partial charge in [0.2, 0.25) is 5.88 Å². The Balaban J connectivity index is 1.64. The Morgan fingerprint density at radius 2 is 2.03 bits per heavy atom. The van der Waals surface area contributed by atoms with Crippen LogP contribution in [0.15, 0.2) is 48.8 Å². The van der Waals surface area contributed by atoms with Crippen LogP contribution >= 0.6 is 0 Å². The van der Waals surface area contributed by atoms with Crippen molar-refractivity contribution in [2.75, 3.05) is 35.7 Å². The minimum Gasteiger partial charge on any atom is -0.480 e. The molecule has 4 rings (SSSR count). The van der Waals surface area contributed by atoms with Crippen LogP contribution in [0.1, 0.15) is 6.42 Å². The van der Waals surface area contributed by atoms with E-state index >= 15 is 0 Å². The van der Waals surface area contributed by atoms with E-state index in [9.17, 15) is 18.0 Å². The average molecular weight is 460 g/mol. The summed E-state index contributed by atoms with van der Waals surface area (Å²) in [7, 11) is 1.44. The van der Waals surface area contributed by atoms with Crippen molar-refractivity contribution in [2.45, 2.75) is 12.8 Å². The van der Waals surface area contributed by atoms with Gasteiger partial charge in [-0.15, -0.1) is 13.2 Å². The van der Waals surface area contributed by atoms with Crippen LogP contribution in [0, 0.1) is 0 Å². The van der Waals surface area contributed by atoms with E-state index in [1.165, 1.54) is 42.6 Å². The van der Waals surface area contributed by atoms with Gasteiger partial charge in [0.1, 0.15) is 5.75 Å². The second kappa shape index (κ2) is 9.18. The fourth-order valence-corrected chi connectivity index (χ4v) is 3.25. The molecule has 0 saturated carbocycles. The van der Waals surface area contributed by atoms with Crippen LogP contribution in [0.25, 0.3) is 11.3 Å². The van der Waals surface area contributed by atoms with Gasteiger partial charge in [-0.05, 0) is 30.7 Å². The summed E-state index contributed by atoms with van der Waals surface area (Å²) < 4.78 is 46.8. The van der Waals surface area contributed by atoms with Gasteiger partial charge in [-0.3, -0.25) is 15.2 Å². The van der Waals surface area contributed by atoms with Gasteiger partial charge in [-0.2, -0.15) is 4.98 Å². The monoisotopic (exact) mass is 460 g/mol. The molecule has 0 spiro atoms. The van der Waals surface area contributed by atoms with Crippen LogP contribution in [0.2, 0.25) is 0 Å². The largest absolute Gasteiger partial charge is 0.573 e. The van der Waals surface area contributed by atoms with Gasteiger partial charge < -0.3 is 14.8 Å². The number of aromatic nitrogens is 3. The van der Waals surface area contributed by atoms with Crippen LogP contribution in [0.4, 0.5) is 35.3 Å². The number of carbonyl (C=O) groups is 1. The maximum atomic E-state index is 13.0. The number of urea groups is 1. The lowest BCUT2D eigenvalue weighted by Gasteiger charge is -2.22. The van der Waals surface area contributed by atoms with Crippen molar-refractivity contribution in [1.29, 1.82) is 0 Å². The lowest BCUT2D eigenvalue weighted by molar-refractivity contribution is -0.274. The molecule has 0 unspecified atom stereocenters. The highest BCUT2D eigenvalue weighted by atomic mass is 19.4. The van der Waals surface area contributed by atoms with E-state index < -0.39 is 12.4 Å². The number of amides is 2. The standard InChI is InChI=1S/C21H19F3N6O3/c1-32-18-12-25-11-17(28-18)29-20(31)30-9-3-8-26-16-7-6-15(27-19(16)30)13-4-2-5-14(10-13)33-21(22,23)24/h2,4-7,10-12,26H,3,8-9H2,1H3,(H,28,29,31). The van der Waals surface area contributed by atoms with Crippen LogP contribution < -0.4 is 25.0 Å². The van der Waals surface area contributed by atoms with Gasteiger partial charge >= 0.3 is 12.4 Å². The van der Waals surface area contributed by atoms with Gasteiger partial charge in [0.25, 0.3) is 0 Å². The van der Waals surface area contributed by atoms with Crippen molar-refractivity contribution in [3.8, 4) is 22.9 Å². The fourth-order valence-electron chi connectivity index (χ4n) is 3.25. The second-order valence-corrected chi connectivity index (χ2v) is 6.95. The predicted octanol–water partition coefficient (Wildman–Crippen LogP) is 4.30. The van der Waals surface area contributed by atoms with E-state index in [2.05, 4.69) is 30.3 Å². The molecular formula is C21H19F3N6O3. The quantitative estimate of drug-likeness (QED) is 0.599. The third kappa shape index (κ3) is 5.40. The zero-order valence-corrected chi connectivity index (χ0v) is 17.4. The number of hydrogen-bond donors (Lipinski definition) is 2. The highest BCUT2D eigenvalue weighted by Crippen LogP contribution is 2.32. The molecule has 3 heterocycles. The first-order chi connectivity index (χ1) is 15.8. The zero-order chi connectivity index (χ0) is 23.4. The molecule has 0 aliphatic carbocycles. The number of nitrogens with zero attached hydrogens (tertiary/aromatic N) is 4. The average Bonchev–Trinajstić information content (AvgIpc) is 3.00. The number of halogens is 3. The summed E-state index contributed by atoms with van der Waals surface area (Å²) in [5.41, 5.74) is 1.40. The summed E-state index contributed by atoms with van der Waals surface area (Å²) in [5.74, 6) is 0.417. The number of ether oxygens (including phenoxy) is 2. The van der Waals surface area contributed by atoms with Crippen molar-refractivity contribution in [2.24, 2.45) is 0 Å². The van der Waals surface area contributed by atoms with Gasteiger partial charge in [0, 0.05) is 18.7 Å². The number of alkyl halides is 3. The maximum Gasteiger partial charge on any atom is 0.573 e.